The fraction of sp³-hybridized carbons (Fsp3) is 0.211. The standard InChI is InChI=1S/C19H19BrN2O4/c1-12-8-9-16(15(20)10-12)22-17(23)11-26-19(25)13(2)21-18(24)14-6-4-3-5-7-14/h3-10,13H,11H2,1-2H3,(H,21,24)(H,22,23). The summed E-state index contributed by atoms with van der Waals surface area (Å²) < 4.78 is 5.69. The zero-order chi connectivity index (χ0) is 19.1. The highest BCUT2D eigenvalue weighted by Gasteiger charge is 2.19. The van der Waals surface area contributed by atoms with Crippen LogP contribution in [0.5, 0.6) is 0 Å². The minimum atomic E-state index is -0.874. The Labute approximate surface area is 160 Å². The minimum absolute atomic E-state index is 0.386. The highest BCUT2D eigenvalue weighted by Crippen LogP contribution is 2.23. The Bertz CT molecular complexity index is 808. The zero-order valence-corrected chi connectivity index (χ0v) is 16.0. The van der Waals surface area contributed by atoms with Crippen molar-refractivity contribution in [2.24, 2.45) is 0 Å². The molecule has 0 heterocycles. The van der Waals surface area contributed by atoms with E-state index in [1.165, 1.54) is 6.92 Å². The summed E-state index contributed by atoms with van der Waals surface area (Å²) in [4.78, 5) is 35.9. The molecule has 0 fully saturated rings. The van der Waals surface area contributed by atoms with Crippen molar-refractivity contribution >= 4 is 39.4 Å². The molecule has 1 unspecified atom stereocenters. The molecular formula is C19H19BrN2O4. The molecule has 0 aliphatic rings. The first kappa shape index (κ1) is 19.7. The van der Waals surface area contributed by atoms with Gasteiger partial charge in [-0.15, -0.1) is 0 Å². The van der Waals surface area contributed by atoms with Gasteiger partial charge in [0.15, 0.2) is 6.61 Å². The summed E-state index contributed by atoms with van der Waals surface area (Å²) in [7, 11) is 0. The third-order valence-corrected chi connectivity index (χ3v) is 4.14. The second kappa shape index (κ2) is 9.15. The predicted molar refractivity (Wildman–Crippen MR) is 102 cm³/mol. The van der Waals surface area contributed by atoms with E-state index in [0.29, 0.717) is 11.3 Å². The average Bonchev–Trinajstić information content (AvgIpc) is 2.62. The number of anilines is 1. The molecule has 0 aliphatic heterocycles. The maximum atomic E-state index is 12.0. The van der Waals surface area contributed by atoms with Crippen LogP contribution in [0.25, 0.3) is 0 Å². The average molecular weight is 419 g/mol. The number of aryl methyl sites for hydroxylation is 1. The second-order valence-corrected chi connectivity index (χ2v) is 6.55. The molecule has 2 N–H and O–H groups in total. The summed E-state index contributed by atoms with van der Waals surface area (Å²) in [6, 6.07) is 13.1. The number of ether oxygens (including phenoxy) is 1. The minimum Gasteiger partial charge on any atom is -0.454 e. The van der Waals surface area contributed by atoms with E-state index in [1.54, 1.807) is 36.4 Å². The van der Waals surface area contributed by atoms with E-state index < -0.39 is 24.5 Å². The molecule has 1 atom stereocenters. The lowest BCUT2D eigenvalue weighted by molar-refractivity contribution is -0.148. The van der Waals surface area contributed by atoms with Gasteiger partial charge in [-0.25, -0.2) is 4.79 Å². The molecule has 2 aromatic rings. The molecule has 0 bridgehead atoms. The van der Waals surface area contributed by atoms with E-state index in [2.05, 4.69) is 26.6 Å². The van der Waals surface area contributed by atoms with Crippen molar-refractivity contribution < 1.29 is 19.1 Å². The number of carbonyl (C=O) groups excluding carboxylic acids is 3. The Balaban J connectivity index is 1.81. The SMILES string of the molecule is Cc1ccc(NC(=O)COC(=O)C(C)NC(=O)c2ccccc2)c(Br)c1. The van der Waals surface area contributed by atoms with Crippen LogP contribution in [0.2, 0.25) is 0 Å². The first-order valence-electron chi connectivity index (χ1n) is 7.95. The Morgan fingerprint density at radius 3 is 2.46 bits per heavy atom. The van der Waals surface area contributed by atoms with Crippen LogP contribution in [0.15, 0.2) is 53.0 Å². The van der Waals surface area contributed by atoms with Crippen molar-refractivity contribution in [2.45, 2.75) is 19.9 Å². The maximum Gasteiger partial charge on any atom is 0.328 e. The van der Waals surface area contributed by atoms with Gasteiger partial charge in [0, 0.05) is 10.0 Å². The number of amides is 2. The lowest BCUT2D eigenvalue weighted by atomic mass is 10.2. The van der Waals surface area contributed by atoms with Crippen LogP contribution in [0.1, 0.15) is 22.8 Å². The summed E-state index contributed by atoms with van der Waals surface area (Å²) in [6.45, 7) is 2.99. The summed E-state index contributed by atoms with van der Waals surface area (Å²) in [6.07, 6.45) is 0. The van der Waals surface area contributed by atoms with Gasteiger partial charge in [0.25, 0.3) is 11.8 Å². The largest absolute Gasteiger partial charge is 0.454 e. The van der Waals surface area contributed by atoms with Gasteiger partial charge in [0.05, 0.1) is 5.69 Å². The van der Waals surface area contributed by atoms with Gasteiger partial charge < -0.3 is 15.4 Å². The molecule has 2 amide bonds. The molecule has 7 heteroatoms. The fourth-order valence-corrected chi connectivity index (χ4v) is 2.69. The first-order chi connectivity index (χ1) is 12.4. The smallest absolute Gasteiger partial charge is 0.328 e. The van der Waals surface area contributed by atoms with Crippen molar-refractivity contribution in [1.29, 1.82) is 0 Å². The molecule has 0 aliphatic carbocycles. The van der Waals surface area contributed by atoms with Crippen molar-refractivity contribution in [2.75, 3.05) is 11.9 Å². The topological polar surface area (TPSA) is 84.5 Å². The molecule has 2 aromatic carbocycles. The number of hydrogen-bond acceptors (Lipinski definition) is 4. The molecule has 0 saturated carbocycles. The Hall–Kier alpha value is -2.67. The summed E-state index contributed by atoms with van der Waals surface area (Å²) in [5, 5.41) is 5.18. The van der Waals surface area contributed by atoms with Crippen LogP contribution in [0.4, 0.5) is 5.69 Å². The van der Waals surface area contributed by atoms with Crippen LogP contribution in [0.3, 0.4) is 0 Å². The van der Waals surface area contributed by atoms with Crippen molar-refractivity contribution in [3.05, 3.63) is 64.1 Å². The molecular weight excluding hydrogens is 400 g/mol. The highest BCUT2D eigenvalue weighted by atomic mass is 79.9. The monoisotopic (exact) mass is 418 g/mol. The molecule has 0 radical (unpaired) electrons. The van der Waals surface area contributed by atoms with Crippen LogP contribution < -0.4 is 10.6 Å². The zero-order valence-electron chi connectivity index (χ0n) is 14.4. The number of benzene rings is 2. The third-order valence-electron chi connectivity index (χ3n) is 3.48. The van der Waals surface area contributed by atoms with Crippen LogP contribution in [0, 0.1) is 6.92 Å². The maximum absolute atomic E-state index is 12.0. The van der Waals surface area contributed by atoms with E-state index in [4.69, 9.17) is 4.74 Å². The molecule has 0 spiro atoms. The van der Waals surface area contributed by atoms with Gasteiger partial charge in [0.2, 0.25) is 0 Å². The lowest BCUT2D eigenvalue weighted by Gasteiger charge is -2.14. The number of rotatable bonds is 6. The lowest BCUT2D eigenvalue weighted by Crippen LogP contribution is -2.40. The van der Waals surface area contributed by atoms with Gasteiger partial charge in [-0.3, -0.25) is 9.59 Å². The fourth-order valence-electron chi connectivity index (χ4n) is 2.10. The van der Waals surface area contributed by atoms with E-state index in [1.807, 2.05) is 19.1 Å². The molecule has 2 rings (SSSR count). The van der Waals surface area contributed by atoms with Crippen LogP contribution in [-0.4, -0.2) is 30.4 Å². The van der Waals surface area contributed by atoms with Gasteiger partial charge >= 0.3 is 5.97 Å². The normalized spacial score (nSPS) is 11.3. The predicted octanol–water partition coefficient (Wildman–Crippen LogP) is 3.06. The number of esters is 1. The highest BCUT2D eigenvalue weighted by molar-refractivity contribution is 9.10. The van der Waals surface area contributed by atoms with Gasteiger partial charge in [0.1, 0.15) is 6.04 Å². The van der Waals surface area contributed by atoms with E-state index in [0.717, 1.165) is 10.0 Å². The molecule has 136 valence electrons. The number of carbonyl (C=O) groups is 3. The molecule has 6 nitrogen and oxygen atoms in total. The number of nitrogens with one attached hydrogen (secondary N) is 2. The molecule has 0 aromatic heterocycles. The Morgan fingerprint density at radius 1 is 1.12 bits per heavy atom. The summed E-state index contributed by atoms with van der Waals surface area (Å²) in [5.74, 6) is -1.54. The summed E-state index contributed by atoms with van der Waals surface area (Å²) in [5.41, 5.74) is 2.07. The first-order valence-corrected chi connectivity index (χ1v) is 8.74. The van der Waals surface area contributed by atoms with Crippen molar-refractivity contribution in [3.8, 4) is 0 Å². The summed E-state index contributed by atoms with van der Waals surface area (Å²) >= 11 is 3.36. The van der Waals surface area contributed by atoms with E-state index >= 15 is 0 Å². The van der Waals surface area contributed by atoms with Crippen molar-refractivity contribution in [3.63, 3.8) is 0 Å². The van der Waals surface area contributed by atoms with Crippen LogP contribution >= 0.6 is 15.9 Å². The quantitative estimate of drug-likeness (QED) is 0.705. The van der Waals surface area contributed by atoms with Crippen LogP contribution in [-0.2, 0) is 14.3 Å². The number of halogens is 1. The molecule has 26 heavy (non-hydrogen) atoms. The van der Waals surface area contributed by atoms with E-state index in [-0.39, 0.29) is 5.91 Å². The third kappa shape index (κ3) is 5.70. The Kier molecular flexibility index (Phi) is 6.91. The van der Waals surface area contributed by atoms with Gasteiger partial charge in [-0.2, -0.15) is 0 Å². The van der Waals surface area contributed by atoms with Gasteiger partial charge in [-0.1, -0.05) is 24.3 Å². The van der Waals surface area contributed by atoms with E-state index in [9.17, 15) is 14.4 Å². The molecule has 0 saturated heterocycles. The second-order valence-electron chi connectivity index (χ2n) is 5.70. The number of hydrogen-bond donors (Lipinski definition) is 2. The Morgan fingerprint density at radius 2 is 1.81 bits per heavy atom. The van der Waals surface area contributed by atoms with Gasteiger partial charge in [-0.05, 0) is 59.6 Å². The van der Waals surface area contributed by atoms with Crippen molar-refractivity contribution in [1.82, 2.24) is 5.32 Å².